The summed E-state index contributed by atoms with van der Waals surface area (Å²) in [6.07, 6.45) is 0.341. The lowest BCUT2D eigenvalue weighted by molar-refractivity contribution is -0.117. The Morgan fingerprint density at radius 1 is 1.21 bits per heavy atom. The van der Waals surface area contributed by atoms with Gasteiger partial charge in [-0.3, -0.25) is 9.89 Å². The zero-order valence-electron chi connectivity index (χ0n) is 15.8. The van der Waals surface area contributed by atoms with Crippen LogP contribution in [0.5, 0.6) is 5.75 Å². The number of H-pyrrole nitrogens is 1. The second-order valence-electron chi connectivity index (χ2n) is 6.91. The van der Waals surface area contributed by atoms with Crippen LogP contribution in [0.2, 0.25) is 0 Å². The first-order valence-electron chi connectivity index (χ1n) is 9.53. The minimum atomic E-state index is -0.128. The van der Waals surface area contributed by atoms with Gasteiger partial charge in [-0.05, 0) is 37.3 Å². The summed E-state index contributed by atoms with van der Waals surface area (Å²) in [5, 5.41) is 12.3. The normalized spacial score (nSPS) is 16.7. The first-order chi connectivity index (χ1) is 14.2. The fourth-order valence-electron chi connectivity index (χ4n) is 3.64. The maximum absolute atomic E-state index is 12.6. The molecule has 29 heavy (non-hydrogen) atoms. The molecule has 1 amide bonds. The van der Waals surface area contributed by atoms with Crippen molar-refractivity contribution in [1.29, 1.82) is 0 Å². The molecule has 1 unspecified atom stereocenters. The molecular formula is C21H19N5O3. The fraction of sp³-hybridized carbons (Fsp3) is 0.238. The van der Waals surface area contributed by atoms with E-state index in [9.17, 15) is 4.79 Å². The van der Waals surface area contributed by atoms with Gasteiger partial charge >= 0.3 is 0 Å². The highest BCUT2D eigenvalue weighted by Gasteiger charge is 2.35. The van der Waals surface area contributed by atoms with Gasteiger partial charge in [0, 0.05) is 30.0 Å². The fourth-order valence-corrected chi connectivity index (χ4v) is 3.64. The number of nitrogens with zero attached hydrogens (tertiary/aromatic N) is 4. The molecule has 1 fully saturated rings. The van der Waals surface area contributed by atoms with Crippen molar-refractivity contribution in [3.05, 3.63) is 54.4 Å². The molecule has 1 aliphatic rings. The molecule has 146 valence electrons. The zero-order chi connectivity index (χ0) is 19.8. The Kier molecular flexibility index (Phi) is 4.23. The number of fused-ring (bicyclic) bond motifs is 1. The van der Waals surface area contributed by atoms with Crippen LogP contribution < -0.4 is 9.64 Å². The van der Waals surface area contributed by atoms with Crippen LogP contribution >= 0.6 is 0 Å². The molecule has 0 bridgehead atoms. The van der Waals surface area contributed by atoms with Gasteiger partial charge < -0.3 is 14.2 Å². The van der Waals surface area contributed by atoms with E-state index in [4.69, 9.17) is 9.26 Å². The number of rotatable bonds is 5. The van der Waals surface area contributed by atoms with E-state index in [1.165, 1.54) is 0 Å². The lowest BCUT2D eigenvalue weighted by Crippen LogP contribution is -2.24. The maximum Gasteiger partial charge on any atom is 0.279 e. The van der Waals surface area contributed by atoms with E-state index in [-0.39, 0.29) is 11.8 Å². The summed E-state index contributed by atoms with van der Waals surface area (Å²) >= 11 is 0. The van der Waals surface area contributed by atoms with Crippen LogP contribution in [-0.2, 0) is 4.79 Å². The summed E-state index contributed by atoms with van der Waals surface area (Å²) < 4.78 is 10.9. The predicted octanol–water partition coefficient (Wildman–Crippen LogP) is 3.53. The number of carbonyl (C=O) groups is 1. The second-order valence-corrected chi connectivity index (χ2v) is 6.91. The Morgan fingerprint density at radius 2 is 2.03 bits per heavy atom. The van der Waals surface area contributed by atoms with E-state index in [0.717, 1.165) is 22.3 Å². The van der Waals surface area contributed by atoms with E-state index in [1.54, 1.807) is 4.90 Å². The quantitative estimate of drug-likeness (QED) is 0.561. The number of hydrogen-bond acceptors (Lipinski definition) is 6. The van der Waals surface area contributed by atoms with Crippen molar-refractivity contribution in [2.45, 2.75) is 19.3 Å². The van der Waals surface area contributed by atoms with Crippen molar-refractivity contribution in [2.75, 3.05) is 18.1 Å². The molecule has 3 heterocycles. The second kappa shape index (κ2) is 7.05. The highest BCUT2D eigenvalue weighted by molar-refractivity contribution is 5.96. The average Bonchev–Trinajstić information content (AvgIpc) is 3.46. The summed E-state index contributed by atoms with van der Waals surface area (Å²) in [4.78, 5) is 18.8. The molecule has 0 aliphatic carbocycles. The van der Waals surface area contributed by atoms with Crippen molar-refractivity contribution in [2.24, 2.45) is 0 Å². The number of hydrogen-bond donors (Lipinski definition) is 1. The van der Waals surface area contributed by atoms with Gasteiger partial charge in [-0.15, -0.1) is 0 Å². The van der Waals surface area contributed by atoms with Crippen LogP contribution in [0.4, 0.5) is 5.69 Å². The van der Waals surface area contributed by atoms with Gasteiger partial charge in [-0.25, -0.2) is 0 Å². The Bertz CT molecular complexity index is 1160. The molecule has 8 heteroatoms. The smallest absolute Gasteiger partial charge is 0.279 e. The molecule has 1 atom stereocenters. The first-order valence-corrected chi connectivity index (χ1v) is 9.53. The van der Waals surface area contributed by atoms with Crippen LogP contribution in [0.3, 0.4) is 0 Å². The van der Waals surface area contributed by atoms with E-state index < -0.39 is 0 Å². The lowest BCUT2D eigenvalue weighted by atomic mass is 10.1. The zero-order valence-corrected chi connectivity index (χ0v) is 15.8. The summed E-state index contributed by atoms with van der Waals surface area (Å²) in [5.74, 6) is 1.57. The predicted molar refractivity (Wildman–Crippen MR) is 107 cm³/mol. The van der Waals surface area contributed by atoms with Crippen LogP contribution in [0.25, 0.3) is 22.5 Å². The molecule has 2 aromatic heterocycles. The van der Waals surface area contributed by atoms with Crippen molar-refractivity contribution in [1.82, 2.24) is 20.3 Å². The standard InChI is InChI=1S/C21H19N5O3/c1-2-28-15-9-7-14(8-10-15)26-12-13(11-18(26)27)20-22-21(29-25-20)19-16-5-3-4-6-17(16)23-24-19/h3-10,13H,2,11-12H2,1H3,(H,23,24). The van der Waals surface area contributed by atoms with Gasteiger partial charge in [0.25, 0.3) is 5.89 Å². The van der Waals surface area contributed by atoms with Gasteiger partial charge in [0.2, 0.25) is 5.91 Å². The van der Waals surface area contributed by atoms with Crippen molar-refractivity contribution >= 4 is 22.5 Å². The van der Waals surface area contributed by atoms with E-state index >= 15 is 0 Å². The number of ether oxygens (including phenoxy) is 1. The summed E-state index contributed by atoms with van der Waals surface area (Å²) in [5.41, 5.74) is 2.36. The molecular weight excluding hydrogens is 370 g/mol. The minimum absolute atomic E-state index is 0.0377. The van der Waals surface area contributed by atoms with Gasteiger partial charge in [0.15, 0.2) is 11.5 Å². The Morgan fingerprint density at radius 3 is 2.86 bits per heavy atom. The highest BCUT2D eigenvalue weighted by atomic mass is 16.5. The van der Waals surface area contributed by atoms with E-state index in [0.29, 0.717) is 37.0 Å². The third kappa shape index (κ3) is 3.12. The number of benzene rings is 2. The molecule has 1 N–H and O–H groups in total. The highest BCUT2D eigenvalue weighted by Crippen LogP contribution is 2.33. The summed E-state index contributed by atoms with van der Waals surface area (Å²) in [6.45, 7) is 3.05. The van der Waals surface area contributed by atoms with Gasteiger partial charge in [-0.1, -0.05) is 23.4 Å². The first kappa shape index (κ1) is 17.4. The van der Waals surface area contributed by atoms with Gasteiger partial charge in [0.1, 0.15) is 5.75 Å². The van der Waals surface area contributed by atoms with Crippen molar-refractivity contribution in [3.63, 3.8) is 0 Å². The Balaban J connectivity index is 1.37. The number of amides is 1. The third-order valence-electron chi connectivity index (χ3n) is 5.06. The number of aromatic nitrogens is 4. The monoisotopic (exact) mass is 389 g/mol. The minimum Gasteiger partial charge on any atom is -0.494 e. The van der Waals surface area contributed by atoms with Crippen LogP contribution in [0, 0.1) is 0 Å². The summed E-state index contributed by atoms with van der Waals surface area (Å²) in [6, 6.07) is 15.3. The molecule has 2 aromatic carbocycles. The molecule has 1 saturated heterocycles. The van der Waals surface area contributed by atoms with Crippen LogP contribution in [-0.4, -0.2) is 39.4 Å². The van der Waals surface area contributed by atoms with Crippen molar-refractivity contribution in [3.8, 4) is 17.3 Å². The third-order valence-corrected chi connectivity index (χ3v) is 5.06. The van der Waals surface area contributed by atoms with E-state index in [2.05, 4.69) is 20.3 Å². The van der Waals surface area contributed by atoms with Gasteiger partial charge in [0.05, 0.1) is 12.1 Å². The maximum atomic E-state index is 12.6. The largest absolute Gasteiger partial charge is 0.494 e. The number of carbonyl (C=O) groups excluding carboxylic acids is 1. The van der Waals surface area contributed by atoms with Crippen molar-refractivity contribution < 1.29 is 14.1 Å². The molecule has 1 aliphatic heterocycles. The molecule has 8 nitrogen and oxygen atoms in total. The van der Waals surface area contributed by atoms with Crippen LogP contribution in [0.1, 0.15) is 25.1 Å². The number of anilines is 1. The molecule has 0 saturated carbocycles. The molecule has 0 radical (unpaired) electrons. The number of nitrogens with one attached hydrogen (secondary N) is 1. The number of para-hydroxylation sites is 1. The SMILES string of the molecule is CCOc1ccc(N2CC(c3noc(-c4n[nH]c5ccccc45)n3)CC2=O)cc1. The topological polar surface area (TPSA) is 97.1 Å². The van der Waals surface area contributed by atoms with Gasteiger partial charge in [-0.2, -0.15) is 10.1 Å². The lowest BCUT2D eigenvalue weighted by Gasteiger charge is -2.16. The Labute approximate surface area is 166 Å². The average molecular weight is 389 g/mol. The summed E-state index contributed by atoms with van der Waals surface area (Å²) in [7, 11) is 0. The van der Waals surface area contributed by atoms with Crippen LogP contribution in [0.15, 0.2) is 53.1 Å². The molecule has 4 aromatic rings. The number of aromatic amines is 1. The Hall–Kier alpha value is -3.68. The van der Waals surface area contributed by atoms with E-state index in [1.807, 2.05) is 55.5 Å². The molecule has 0 spiro atoms. The molecule has 5 rings (SSSR count).